The van der Waals surface area contributed by atoms with Crippen molar-refractivity contribution in [2.45, 2.75) is 0 Å². The molecular weight excluding hydrogens is 749 g/mol. The van der Waals surface area contributed by atoms with E-state index in [0.717, 1.165) is 11.4 Å². The van der Waals surface area contributed by atoms with E-state index < -0.39 is 0 Å². The quantitative estimate of drug-likeness (QED) is 0.152. The highest BCUT2D eigenvalue weighted by Gasteiger charge is 2.18. The molecule has 0 saturated heterocycles. The molecule has 0 N–H and O–H groups in total. The number of aromatic nitrogens is 2. The molecule has 0 aliphatic carbocycles. The van der Waals surface area contributed by atoms with Gasteiger partial charge in [-0.25, -0.2) is 0 Å². The van der Waals surface area contributed by atoms with E-state index in [2.05, 4.69) is 252 Å². The fraction of sp³-hybridized carbons (Fsp3) is 0. The molecule has 2 nitrogen and oxygen atoms in total. The Kier molecular flexibility index (Phi) is 8.53. The number of hydrogen-bond donors (Lipinski definition) is 0. The molecule has 12 rings (SSSR count). The Morgan fingerprint density at radius 3 is 1.10 bits per heavy atom. The van der Waals surface area contributed by atoms with Gasteiger partial charge >= 0.3 is 0 Å². The lowest BCUT2D eigenvalue weighted by Crippen LogP contribution is -1.94. The average Bonchev–Trinajstić information content (AvgIpc) is 3.86. The standard InChI is InChI=1S/C60H40N2/c1-5-15-41(16-6-1)44-25-30-52(31-26-44)61-57-24-14-13-23-53(57)55-38-45(28-33-58(55)61)46-29-34-59-56(39-46)54-32-27-47(40-60(54)62(59)51-21-11-4-12-22-51)50-36-48(42-17-7-2-8-18-42)35-49(37-50)43-19-9-3-10-20-43/h1-40H. The number of fused-ring (bicyclic) bond motifs is 6. The summed E-state index contributed by atoms with van der Waals surface area (Å²) in [5.74, 6) is 0. The van der Waals surface area contributed by atoms with Crippen LogP contribution in [0.1, 0.15) is 0 Å². The van der Waals surface area contributed by atoms with E-state index in [4.69, 9.17) is 0 Å². The second-order valence-electron chi connectivity index (χ2n) is 16.2. The van der Waals surface area contributed by atoms with Crippen LogP contribution in [0.5, 0.6) is 0 Å². The van der Waals surface area contributed by atoms with Crippen molar-refractivity contribution in [3.05, 3.63) is 243 Å². The van der Waals surface area contributed by atoms with E-state index in [-0.39, 0.29) is 0 Å². The Morgan fingerprint density at radius 2 is 0.532 bits per heavy atom. The van der Waals surface area contributed by atoms with Gasteiger partial charge in [-0.15, -0.1) is 0 Å². The molecule has 0 bridgehead atoms. The van der Waals surface area contributed by atoms with Crippen molar-refractivity contribution in [2.75, 3.05) is 0 Å². The molecular formula is C60H40N2. The first-order valence-electron chi connectivity index (χ1n) is 21.3. The fourth-order valence-electron chi connectivity index (χ4n) is 9.49. The molecule has 2 heterocycles. The average molecular weight is 789 g/mol. The van der Waals surface area contributed by atoms with Crippen LogP contribution in [0, 0.1) is 0 Å². The van der Waals surface area contributed by atoms with Crippen LogP contribution in [0.25, 0.3) is 111 Å². The van der Waals surface area contributed by atoms with Gasteiger partial charge in [0.25, 0.3) is 0 Å². The largest absolute Gasteiger partial charge is 0.309 e. The Balaban J connectivity index is 0.999. The van der Waals surface area contributed by atoms with Crippen molar-refractivity contribution in [3.8, 4) is 67.0 Å². The van der Waals surface area contributed by atoms with Crippen molar-refractivity contribution >= 4 is 43.6 Å². The summed E-state index contributed by atoms with van der Waals surface area (Å²) in [5.41, 5.74) is 19.1. The lowest BCUT2D eigenvalue weighted by atomic mass is 9.93. The summed E-state index contributed by atoms with van der Waals surface area (Å²) in [5, 5.41) is 4.96. The van der Waals surface area contributed by atoms with Gasteiger partial charge in [0.15, 0.2) is 0 Å². The third-order valence-electron chi connectivity index (χ3n) is 12.5. The molecule has 290 valence electrons. The summed E-state index contributed by atoms with van der Waals surface area (Å²) in [6.45, 7) is 0. The third-order valence-corrected chi connectivity index (χ3v) is 12.5. The van der Waals surface area contributed by atoms with Crippen molar-refractivity contribution in [1.82, 2.24) is 9.13 Å². The molecule has 0 fully saturated rings. The minimum absolute atomic E-state index is 1.14. The van der Waals surface area contributed by atoms with Gasteiger partial charge in [0.05, 0.1) is 22.1 Å². The Morgan fingerprint density at radius 1 is 0.177 bits per heavy atom. The number of nitrogens with zero attached hydrogens (tertiary/aromatic N) is 2. The summed E-state index contributed by atoms with van der Waals surface area (Å²) in [6.07, 6.45) is 0. The minimum atomic E-state index is 1.14. The van der Waals surface area contributed by atoms with E-state index in [1.807, 2.05) is 0 Å². The van der Waals surface area contributed by atoms with Crippen LogP contribution in [0.4, 0.5) is 0 Å². The first kappa shape index (κ1) is 35.7. The number of benzene rings is 10. The predicted molar refractivity (Wildman–Crippen MR) is 262 cm³/mol. The minimum Gasteiger partial charge on any atom is -0.309 e. The molecule has 10 aromatic carbocycles. The molecule has 62 heavy (non-hydrogen) atoms. The van der Waals surface area contributed by atoms with Crippen molar-refractivity contribution in [3.63, 3.8) is 0 Å². The first-order chi connectivity index (χ1) is 30.7. The van der Waals surface area contributed by atoms with Gasteiger partial charge < -0.3 is 9.13 Å². The smallest absolute Gasteiger partial charge is 0.0547 e. The normalized spacial score (nSPS) is 11.5. The molecule has 2 heteroatoms. The van der Waals surface area contributed by atoms with E-state index in [0.29, 0.717) is 0 Å². The highest BCUT2D eigenvalue weighted by Crippen LogP contribution is 2.41. The van der Waals surface area contributed by atoms with Gasteiger partial charge in [-0.05, 0) is 134 Å². The molecule has 2 aromatic heterocycles. The van der Waals surface area contributed by atoms with Crippen LogP contribution in [0.2, 0.25) is 0 Å². The lowest BCUT2D eigenvalue weighted by molar-refractivity contribution is 1.18. The van der Waals surface area contributed by atoms with Crippen molar-refractivity contribution in [2.24, 2.45) is 0 Å². The van der Waals surface area contributed by atoms with Crippen LogP contribution < -0.4 is 0 Å². The maximum absolute atomic E-state index is 2.43. The summed E-state index contributed by atoms with van der Waals surface area (Å²) in [4.78, 5) is 0. The zero-order valence-corrected chi connectivity index (χ0v) is 34.0. The van der Waals surface area contributed by atoms with Gasteiger partial charge in [0, 0.05) is 32.9 Å². The van der Waals surface area contributed by atoms with Gasteiger partial charge in [0.2, 0.25) is 0 Å². The van der Waals surface area contributed by atoms with Crippen molar-refractivity contribution in [1.29, 1.82) is 0 Å². The molecule has 0 aliphatic heterocycles. The molecule has 0 amide bonds. The summed E-state index contributed by atoms with van der Waals surface area (Å²) in [6, 6.07) is 88.4. The van der Waals surface area contributed by atoms with Crippen molar-refractivity contribution < 1.29 is 0 Å². The number of para-hydroxylation sites is 2. The van der Waals surface area contributed by atoms with Crippen LogP contribution in [-0.2, 0) is 0 Å². The zero-order chi connectivity index (χ0) is 41.0. The van der Waals surface area contributed by atoms with Crippen LogP contribution >= 0.6 is 0 Å². The Bertz CT molecular complexity index is 3520. The zero-order valence-electron chi connectivity index (χ0n) is 34.0. The number of hydrogen-bond acceptors (Lipinski definition) is 0. The predicted octanol–water partition coefficient (Wildman–Crippen LogP) is 16.2. The van der Waals surface area contributed by atoms with Gasteiger partial charge in [-0.3, -0.25) is 0 Å². The van der Waals surface area contributed by atoms with Crippen LogP contribution in [-0.4, -0.2) is 9.13 Å². The molecule has 0 saturated carbocycles. The monoisotopic (exact) mass is 788 g/mol. The van der Waals surface area contributed by atoms with Crippen LogP contribution in [0.3, 0.4) is 0 Å². The molecule has 0 spiro atoms. The summed E-state index contributed by atoms with van der Waals surface area (Å²) < 4.78 is 4.83. The van der Waals surface area contributed by atoms with E-state index in [1.165, 1.54) is 99.2 Å². The summed E-state index contributed by atoms with van der Waals surface area (Å²) in [7, 11) is 0. The Hall–Kier alpha value is -8.20. The SMILES string of the molecule is c1ccc(-c2ccc(-n3c4ccccc4c4cc(-c5ccc6c(c5)c5ccc(-c7cc(-c8ccccc8)cc(-c8ccccc8)c7)cc5n6-c5ccccc5)ccc43)cc2)cc1. The Labute approximate surface area is 360 Å². The van der Waals surface area contributed by atoms with E-state index in [1.54, 1.807) is 0 Å². The van der Waals surface area contributed by atoms with Gasteiger partial charge in [-0.1, -0.05) is 164 Å². The topological polar surface area (TPSA) is 9.86 Å². The molecule has 0 aliphatic rings. The van der Waals surface area contributed by atoms with Gasteiger partial charge in [-0.2, -0.15) is 0 Å². The second-order valence-corrected chi connectivity index (χ2v) is 16.2. The molecule has 0 radical (unpaired) electrons. The molecule has 12 aromatic rings. The summed E-state index contributed by atoms with van der Waals surface area (Å²) >= 11 is 0. The molecule has 0 atom stereocenters. The lowest BCUT2D eigenvalue weighted by Gasteiger charge is -2.12. The maximum atomic E-state index is 2.43. The fourth-order valence-corrected chi connectivity index (χ4v) is 9.49. The van der Waals surface area contributed by atoms with E-state index in [9.17, 15) is 0 Å². The highest BCUT2D eigenvalue weighted by atomic mass is 15.0. The van der Waals surface area contributed by atoms with Gasteiger partial charge in [0.1, 0.15) is 0 Å². The molecule has 0 unspecified atom stereocenters. The van der Waals surface area contributed by atoms with Crippen LogP contribution in [0.15, 0.2) is 243 Å². The maximum Gasteiger partial charge on any atom is 0.0547 e. The van der Waals surface area contributed by atoms with E-state index >= 15 is 0 Å². The highest BCUT2D eigenvalue weighted by molar-refractivity contribution is 6.13. The second kappa shape index (κ2) is 14.8. The number of rotatable bonds is 7. The first-order valence-corrected chi connectivity index (χ1v) is 21.3. The third kappa shape index (κ3) is 6.12.